The van der Waals surface area contributed by atoms with Crippen LogP contribution in [0.1, 0.15) is 323 Å². The molecule has 0 radical (unpaired) electrons. The first-order chi connectivity index (χ1) is 37.5. The van der Waals surface area contributed by atoms with E-state index in [1.54, 1.807) is 0 Å². The molecule has 0 N–H and O–H groups in total. The Kier molecular flexibility index (Phi) is 61.2. The molecule has 0 aliphatic heterocycles. The Morgan fingerprint density at radius 1 is 0.276 bits per heavy atom. The van der Waals surface area contributed by atoms with E-state index in [9.17, 15) is 14.4 Å². The van der Waals surface area contributed by atoms with Crippen LogP contribution >= 0.6 is 0 Å². The van der Waals surface area contributed by atoms with Crippen LogP contribution in [0.15, 0.2) is 85.1 Å². The molecule has 0 aromatic rings. The third-order valence-corrected chi connectivity index (χ3v) is 14.2. The molecule has 0 aromatic carbocycles. The molecular formula is C70H122O6. The van der Waals surface area contributed by atoms with Crippen molar-refractivity contribution in [2.45, 2.75) is 329 Å². The first kappa shape index (κ1) is 72.6. The van der Waals surface area contributed by atoms with Crippen molar-refractivity contribution >= 4 is 17.9 Å². The van der Waals surface area contributed by atoms with Crippen LogP contribution in [0.3, 0.4) is 0 Å². The van der Waals surface area contributed by atoms with E-state index >= 15 is 0 Å². The van der Waals surface area contributed by atoms with E-state index in [2.05, 4.69) is 106 Å². The zero-order valence-corrected chi connectivity index (χ0v) is 50.3. The summed E-state index contributed by atoms with van der Waals surface area (Å²) in [5, 5.41) is 0. The number of esters is 3. The van der Waals surface area contributed by atoms with Gasteiger partial charge in [-0.05, 0) is 77.0 Å². The van der Waals surface area contributed by atoms with Gasteiger partial charge in [0.15, 0.2) is 6.10 Å². The van der Waals surface area contributed by atoms with Crippen molar-refractivity contribution in [1.82, 2.24) is 0 Å². The van der Waals surface area contributed by atoms with E-state index in [1.165, 1.54) is 173 Å². The molecule has 0 saturated carbocycles. The molecule has 0 aliphatic rings. The first-order valence-corrected chi connectivity index (χ1v) is 32.6. The third kappa shape index (κ3) is 61.4. The highest BCUT2D eigenvalue weighted by Gasteiger charge is 2.19. The predicted molar refractivity (Wildman–Crippen MR) is 330 cm³/mol. The lowest BCUT2D eigenvalue weighted by molar-refractivity contribution is -0.167. The van der Waals surface area contributed by atoms with Gasteiger partial charge in [0, 0.05) is 19.3 Å². The molecule has 0 aliphatic carbocycles. The van der Waals surface area contributed by atoms with E-state index in [0.717, 1.165) is 109 Å². The highest BCUT2D eigenvalue weighted by Crippen LogP contribution is 2.17. The topological polar surface area (TPSA) is 78.9 Å². The summed E-state index contributed by atoms with van der Waals surface area (Å²) in [5.74, 6) is -0.876. The third-order valence-electron chi connectivity index (χ3n) is 14.2. The number of hydrogen-bond acceptors (Lipinski definition) is 6. The summed E-state index contributed by atoms with van der Waals surface area (Å²) in [6, 6.07) is 0. The van der Waals surface area contributed by atoms with Gasteiger partial charge in [0.25, 0.3) is 0 Å². The van der Waals surface area contributed by atoms with Crippen molar-refractivity contribution < 1.29 is 28.6 Å². The summed E-state index contributed by atoms with van der Waals surface area (Å²) < 4.78 is 16.8. The molecule has 6 heteroatoms. The normalized spacial score (nSPS) is 12.6. The molecule has 0 spiro atoms. The Balaban J connectivity index is 4.00. The molecule has 0 bridgehead atoms. The Labute approximate surface area is 471 Å². The van der Waals surface area contributed by atoms with E-state index in [1.807, 2.05) is 0 Å². The summed E-state index contributed by atoms with van der Waals surface area (Å²) >= 11 is 0. The maximum atomic E-state index is 12.8. The average Bonchev–Trinajstić information content (AvgIpc) is 3.42. The molecule has 0 heterocycles. The quantitative estimate of drug-likeness (QED) is 0.0261. The number of unbranched alkanes of at least 4 members (excludes halogenated alkanes) is 34. The monoisotopic (exact) mass is 1060 g/mol. The number of allylic oxidation sites excluding steroid dienone is 14. The number of ether oxygens (including phenoxy) is 3. The molecule has 0 saturated heterocycles. The fourth-order valence-electron chi connectivity index (χ4n) is 9.31. The van der Waals surface area contributed by atoms with Crippen molar-refractivity contribution in [1.29, 1.82) is 0 Å². The van der Waals surface area contributed by atoms with Gasteiger partial charge in [-0.15, -0.1) is 0 Å². The standard InChI is InChI=1S/C70H122O6/c1-4-7-10-13-15-17-19-21-23-25-27-29-30-31-32-33-34-35-36-37-38-39-40-41-43-44-46-48-50-52-54-57-60-63-69(72)75-66-67(65-74-68(71)62-59-56-12-9-6-3)76-70(73)64-61-58-55-53-51-49-47-45-42-28-26-24-22-20-18-16-14-11-8-5-2/h7,10,15,17,21,23,27,29,31-32,34-35,37-38,67H,4-6,8-9,11-14,16,18-20,22,24-26,28,30,33,36,39-66H2,1-3H3/b10-7-,17-15-,23-21-,29-27-,32-31-,35-34-,38-37-. The lowest BCUT2D eigenvalue weighted by Crippen LogP contribution is -2.30. The maximum Gasteiger partial charge on any atom is 0.306 e. The van der Waals surface area contributed by atoms with Gasteiger partial charge in [0.05, 0.1) is 0 Å². The number of carbonyl (C=O) groups is 3. The minimum atomic E-state index is -0.771. The number of hydrogen-bond donors (Lipinski definition) is 0. The molecule has 6 nitrogen and oxygen atoms in total. The van der Waals surface area contributed by atoms with Gasteiger partial charge >= 0.3 is 17.9 Å². The largest absolute Gasteiger partial charge is 0.462 e. The fourth-order valence-corrected chi connectivity index (χ4v) is 9.31. The molecule has 1 unspecified atom stereocenters. The molecule has 438 valence electrons. The second-order valence-corrected chi connectivity index (χ2v) is 21.7. The first-order valence-electron chi connectivity index (χ1n) is 32.6. The summed E-state index contributed by atoms with van der Waals surface area (Å²) in [7, 11) is 0. The van der Waals surface area contributed by atoms with Crippen molar-refractivity contribution in [3.05, 3.63) is 85.1 Å². The zero-order chi connectivity index (χ0) is 55.0. The lowest BCUT2D eigenvalue weighted by atomic mass is 10.0. The van der Waals surface area contributed by atoms with Crippen LogP contribution in [0.5, 0.6) is 0 Å². The summed E-state index contributed by atoms with van der Waals surface area (Å²) in [5.41, 5.74) is 0. The minimum absolute atomic E-state index is 0.0737. The Morgan fingerprint density at radius 3 is 0.803 bits per heavy atom. The van der Waals surface area contributed by atoms with Crippen molar-refractivity contribution in [2.75, 3.05) is 13.2 Å². The van der Waals surface area contributed by atoms with Crippen molar-refractivity contribution in [2.24, 2.45) is 0 Å². The number of carbonyl (C=O) groups excluding carboxylic acids is 3. The molecule has 1 atom stereocenters. The second kappa shape index (κ2) is 64.1. The molecule has 0 amide bonds. The van der Waals surface area contributed by atoms with Crippen LogP contribution in [0, 0.1) is 0 Å². The van der Waals surface area contributed by atoms with Crippen LogP contribution in [-0.4, -0.2) is 37.2 Å². The molecular weight excluding hydrogens is 937 g/mol. The SMILES string of the molecule is CC/C=C\C/C=C\C/C=C\C/C=C\C/C=C\C/C=C\C/C=C\CCCCCCCCCCCCCC(=O)OCC(COC(=O)CCCCCCC)OC(=O)CCCCCCCCCCCCCCCCCCCCCC. The smallest absolute Gasteiger partial charge is 0.306 e. The molecule has 76 heavy (non-hydrogen) atoms. The highest BCUT2D eigenvalue weighted by molar-refractivity contribution is 5.71. The number of rotatable bonds is 59. The van der Waals surface area contributed by atoms with Crippen LogP contribution in [0.25, 0.3) is 0 Å². The van der Waals surface area contributed by atoms with Gasteiger partial charge in [-0.25, -0.2) is 0 Å². The second-order valence-electron chi connectivity index (χ2n) is 21.7. The van der Waals surface area contributed by atoms with Gasteiger partial charge in [-0.2, -0.15) is 0 Å². The van der Waals surface area contributed by atoms with Gasteiger partial charge in [0.2, 0.25) is 0 Å². The van der Waals surface area contributed by atoms with Gasteiger partial charge in [-0.1, -0.05) is 311 Å². The van der Waals surface area contributed by atoms with Gasteiger partial charge in [0.1, 0.15) is 13.2 Å². The van der Waals surface area contributed by atoms with Crippen LogP contribution < -0.4 is 0 Å². The Hall–Kier alpha value is -3.41. The lowest BCUT2D eigenvalue weighted by Gasteiger charge is -2.18. The van der Waals surface area contributed by atoms with Gasteiger partial charge < -0.3 is 14.2 Å². The summed E-state index contributed by atoms with van der Waals surface area (Å²) in [4.78, 5) is 37.9. The Bertz CT molecular complexity index is 1450. The van der Waals surface area contributed by atoms with E-state index < -0.39 is 6.10 Å². The highest BCUT2D eigenvalue weighted by atomic mass is 16.6. The van der Waals surface area contributed by atoms with Crippen LogP contribution in [0.2, 0.25) is 0 Å². The van der Waals surface area contributed by atoms with E-state index in [-0.39, 0.29) is 31.1 Å². The minimum Gasteiger partial charge on any atom is -0.462 e. The van der Waals surface area contributed by atoms with Crippen molar-refractivity contribution in [3.63, 3.8) is 0 Å². The summed E-state index contributed by atoms with van der Waals surface area (Å²) in [6.45, 7) is 6.48. The Morgan fingerprint density at radius 2 is 0.513 bits per heavy atom. The average molecular weight is 1060 g/mol. The summed E-state index contributed by atoms with van der Waals surface area (Å²) in [6.07, 6.45) is 85.0. The van der Waals surface area contributed by atoms with E-state index in [0.29, 0.717) is 19.3 Å². The zero-order valence-electron chi connectivity index (χ0n) is 50.3. The van der Waals surface area contributed by atoms with Crippen molar-refractivity contribution in [3.8, 4) is 0 Å². The van der Waals surface area contributed by atoms with Crippen LogP contribution in [0.4, 0.5) is 0 Å². The molecule has 0 fully saturated rings. The predicted octanol–water partition coefficient (Wildman–Crippen LogP) is 22.3. The maximum absolute atomic E-state index is 12.8. The fraction of sp³-hybridized carbons (Fsp3) is 0.757. The van der Waals surface area contributed by atoms with Gasteiger partial charge in [-0.3, -0.25) is 14.4 Å². The van der Waals surface area contributed by atoms with Crippen LogP contribution in [-0.2, 0) is 28.6 Å². The molecule has 0 rings (SSSR count). The molecule has 0 aromatic heterocycles. The van der Waals surface area contributed by atoms with E-state index in [4.69, 9.17) is 14.2 Å².